The Kier molecular flexibility index (Phi) is 10.0. The number of hydrogen-bond acceptors (Lipinski definition) is 9. The lowest BCUT2D eigenvalue weighted by Gasteiger charge is -2.12. The number of oxazole rings is 1. The third-order valence-corrected chi connectivity index (χ3v) is 7.85. The van der Waals surface area contributed by atoms with E-state index in [2.05, 4.69) is 41.4 Å². The smallest absolute Gasteiger partial charge is 0.230 e. The molecular weight excluding hydrogens is 565 g/mol. The Morgan fingerprint density at radius 2 is 1.85 bits per heavy atom. The Hall–Kier alpha value is -3.90. The number of nitrogens with one attached hydrogen (secondary N) is 2. The van der Waals surface area contributed by atoms with Crippen LogP contribution < -0.4 is 21.1 Å². The molecule has 2 aromatic carbocycles. The van der Waals surface area contributed by atoms with E-state index in [0.717, 1.165) is 15.5 Å². The number of nitrogen functional groups attached to an aromatic ring is 1. The molecule has 0 bridgehead atoms. The molecule has 0 aliphatic rings. The van der Waals surface area contributed by atoms with E-state index in [-0.39, 0.29) is 35.8 Å². The van der Waals surface area contributed by atoms with Gasteiger partial charge in [-0.05, 0) is 42.3 Å². The second-order valence-corrected chi connectivity index (χ2v) is 12.5. The van der Waals surface area contributed by atoms with Crippen molar-refractivity contribution in [3.8, 4) is 5.75 Å². The van der Waals surface area contributed by atoms with E-state index >= 15 is 0 Å². The molecule has 0 aliphatic carbocycles. The minimum atomic E-state index is -0.472. The maximum absolute atomic E-state index is 13.3. The van der Waals surface area contributed by atoms with Crippen molar-refractivity contribution in [2.75, 3.05) is 23.0 Å². The number of rotatable bonds is 12. The second-order valence-electron chi connectivity index (χ2n) is 10.2. The van der Waals surface area contributed by atoms with E-state index < -0.39 is 5.82 Å². The summed E-state index contributed by atoms with van der Waals surface area (Å²) in [5.41, 5.74) is 7.04. The number of aromatic nitrogens is 2. The summed E-state index contributed by atoms with van der Waals surface area (Å²) in [4.78, 5) is 33.3. The maximum atomic E-state index is 13.3. The number of nitrogens with two attached hydrogens (primary N) is 1. The van der Waals surface area contributed by atoms with Crippen molar-refractivity contribution in [1.29, 1.82) is 0 Å². The molecule has 0 aliphatic heterocycles. The topological polar surface area (TPSA) is 132 Å². The first-order valence-corrected chi connectivity index (χ1v) is 14.8. The average molecular weight is 598 g/mol. The van der Waals surface area contributed by atoms with E-state index in [9.17, 15) is 14.0 Å². The molecule has 0 unspecified atom stereocenters. The van der Waals surface area contributed by atoms with Gasteiger partial charge in [-0.3, -0.25) is 9.59 Å². The van der Waals surface area contributed by atoms with Gasteiger partial charge in [0, 0.05) is 11.8 Å². The van der Waals surface area contributed by atoms with E-state index in [1.807, 2.05) is 12.1 Å². The number of amides is 2. The van der Waals surface area contributed by atoms with Gasteiger partial charge in [0.25, 0.3) is 0 Å². The van der Waals surface area contributed by atoms with Gasteiger partial charge in [0.05, 0.1) is 46.8 Å². The molecule has 4 rings (SSSR count). The van der Waals surface area contributed by atoms with Crippen LogP contribution in [0.3, 0.4) is 0 Å². The molecule has 41 heavy (non-hydrogen) atoms. The number of nitrogens with zero attached hydrogens (tertiary/aromatic N) is 2. The fraction of sp³-hybridized carbons (Fsp3) is 0.310. The molecule has 0 radical (unpaired) electrons. The van der Waals surface area contributed by atoms with Crippen LogP contribution >= 0.6 is 23.1 Å². The van der Waals surface area contributed by atoms with Crippen molar-refractivity contribution >= 4 is 51.4 Å². The van der Waals surface area contributed by atoms with E-state index in [0.29, 0.717) is 41.2 Å². The van der Waals surface area contributed by atoms with Crippen molar-refractivity contribution in [3.63, 3.8) is 0 Å². The lowest BCUT2D eigenvalue weighted by molar-refractivity contribution is -0.116. The van der Waals surface area contributed by atoms with Gasteiger partial charge < -0.3 is 25.5 Å². The highest BCUT2D eigenvalue weighted by molar-refractivity contribution is 8.00. The van der Waals surface area contributed by atoms with Gasteiger partial charge in [0.15, 0.2) is 5.13 Å². The Morgan fingerprint density at radius 3 is 2.59 bits per heavy atom. The Bertz CT molecular complexity index is 1480. The summed E-state index contributed by atoms with van der Waals surface area (Å²) in [5.74, 6) is 1.80. The van der Waals surface area contributed by atoms with Crippen LogP contribution in [0.1, 0.15) is 50.8 Å². The third-order valence-electron chi connectivity index (χ3n) is 5.76. The third kappa shape index (κ3) is 9.32. The maximum Gasteiger partial charge on any atom is 0.230 e. The van der Waals surface area contributed by atoms with Gasteiger partial charge in [-0.25, -0.2) is 14.4 Å². The molecule has 0 saturated carbocycles. The molecule has 9 nitrogen and oxygen atoms in total. The zero-order valence-electron chi connectivity index (χ0n) is 23.0. The Morgan fingerprint density at radius 1 is 1.07 bits per heavy atom. The Balaban J connectivity index is 1.15. The number of thiazole rings is 1. The second kappa shape index (κ2) is 13.6. The highest BCUT2D eigenvalue weighted by atomic mass is 32.2. The monoisotopic (exact) mass is 597 g/mol. The predicted octanol–water partition coefficient (Wildman–Crippen LogP) is 6.42. The van der Waals surface area contributed by atoms with Gasteiger partial charge >= 0.3 is 0 Å². The lowest BCUT2D eigenvalue weighted by atomic mass is 9.94. The largest absolute Gasteiger partial charge is 0.494 e. The molecule has 0 saturated heterocycles. The van der Waals surface area contributed by atoms with E-state index in [1.165, 1.54) is 29.5 Å². The fourth-order valence-corrected chi connectivity index (χ4v) is 5.31. The van der Waals surface area contributed by atoms with Crippen LogP contribution in [0.5, 0.6) is 5.75 Å². The van der Waals surface area contributed by atoms with Crippen LogP contribution in [-0.2, 0) is 27.2 Å². The van der Waals surface area contributed by atoms with Crippen LogP contribution in [0, 0.1) is 5.82 Å². The first kappa shape index (κ1) is 30.1. The normalized spacial score (nSPS) is 11.3. The highest BCUT2D eigenvalue weighted by Crippen LogP contribution is 2.32. The molecule has 12 heteroatoms. The van der Waals surface area contributed by atoms with Crippen molar-refractivity contribution < 1.29 is 23.1 Å². The van der Waals surface area contributed by atoms with Gasteiger partial charge in [-0.1, -0.05) is 44.2 Å². The molecule has 2 aromatic heterocycles. The molecule has 0 atom stereocenters. The van der Waals surface area contributed by atoms with Gasteiger partial charge in [0.2, 0.25) is 17.7 Å². The van der Waals surface area contributed by atoms with Crippen molar-refractivity contribution in [3.05, 3.63) is 77.9 Å². The number of benzene rings is 2. The molecule has 216 valence electrons. The molecule has 0 fully saturated rings. The van der Waals surface area contributed by atoms with E-state index in [1.54, 1.807) is 36.3 Å². The standard InChI is InChI=1S/C29H32FN5O4S2/c1-29(2,3)23-15-32-26(39-23)17-40-27-16-33-28(41-27)35-25(37)13-18-6-9-20(10-7-18)38-12-4-5-24(36)34-22-14-19(30)8-11-21(22)31/h6-11,14-16H,4-5,12-13,17,31H2,1-3H3,(H,34,36)(H,33,35,37). The molecule has 4 aromatic rings. The highest BCUT2D eigenvalue weighted by Gasteiger charge is 2.19. The number of thioether (sulfide) groups is 1. The van der Waals surface area contributed by atoms with Gasteiger partial charge in [-0.15, -0.1) is 11.8 Å². The van der Waals surface area contributed by atoms with E-state index in [4.69, 9.17) is 14.9 Å². The summed E-state index contributed by atoms with van der Waals surface area (Å²) in [6.45, 7) is 6.55. The quantitative estimate of drug-likeness (QED) is 0.0968. The molecule has 2 heterocycles. The summed E-state index contributed by atoms with van der Waals surface area (Å²) >= 11 is 2.96. The van der Waals surface area contributed by atoms with Gasteiger partial charge in [0.1, 0.15) is 17.3 Å². The van der Waals surface area contributed by atoms with Crippen molar-refractivity contribution in [2.45, 2.75) is 55.4 Å². The number of anilines is 3. The number of carbonyl (C=O) groups is 2. The zero-order chi connectivity index (χ0) is 29.4. The number of halogens is 1. The summed E-state index contributed by atoms with van der Waals surface area (Å²) in [7, 11) is 0. The predicted molar refractivity (Wildman–Crippen MR) is 160 cm³/mol. The molecule has 2 amide bonds. The average Bonchev–Trinajstić information content (AvgIpc) is 3.58. The molecule has 0 spiro atoms. The lowest BCUT2D eigenvalue weighted by Crippen LogP contribution is -2.14. The summed E-state index contributed by atoms with van der Waals surface area (Å²) < 4.78 is 25.8. The molecular formula is C29H32FN5O4S2. The number of ether oxygens (including phenoxy) is 1. The minimum Gasteiger partial charge on any atom is -0.494 e. The van der Waals surface area contributed by atoms with Crippen LogP contribution in [0.15, 0.2) is 63.5 Å². The number of carbonyl (C=O) groups excluding carboxylic acids is 2. The zero-order valence-corrected chi connectivity index (χ0v) is 24.7. The summed E-state index contributed by atoms with van der Waals surface area (Å²) in [5, 5.41) is 5.98. The molecule has 4 N–H and O–H groups in total. The van der Waals surface area contributed by atoms with Crippen LogP contribution in [0.25, 0.3) is 0 Å². The first-order chi connectivity index (χ1) is 19.5. The summed E-state index contributed by atoms with van der Waals surface area (Å²) in [6, 6.07) is 11.0. The SMILES string of the molecule is CC(C)(C)c1cnc(CSc2cnc(NC(=O)Cc3ccc(OCCCC(=O)Nc4cc(F)ccc4N)cc3)s2)o1. The minimum absolute atomic E-state index is 0.0892. The van der Waals surface area contributed by atoms with Crippen LogP contribution in [0.2, 0.25) is 0 Å². The van der Waals surface area contributed by atoms with Crippen LogP contribution in [0.4, 0.5) is 20.9 Å². The first-order valence-electron chi connectivity index (χ1n) is 13.0. The van der Waals surface area contributed by atoms with Crippen molar-refractivity contribution in [2.24, 2.45) is 0 Å². The van der Waals surface area contributed by atoms with Crippen molar-refractivity contribution in [1.82, 2.24) is 9.97 Å². The van der Waals surface area contributed by atoms with Gasteiger partial charge in [-0.2, -0.15) is 0 Å². The summed E-state index contributed by atoms with van der Waals surface area (Å²) in [6.07, 6.45) is 4.35. The fourth-order valence-electron chi connectivity index (χ4n) is 3.57. The number of hydrogen-bond donors (Lipinski definition) is 3. The van der Waals surface area contributed by atoms with Crippen LogP contribution in [-0.4, -0.2) is 28.4 Å². The Labute approximate surface area is 246 Å².